The number of nitrogens with zero attached hydrogens (tertiary/aromatic N) is 2. The van der Waals surface area contributed by atoms with Crippen molar-refractivity contribution in [1.29, 1.82) is 0 Å². The zero-order valence-electron chi connectivity index (χ0n) is 12.2. The summed E-state index contributed by atoms with van der Waals surface area (Å²) in [5, 5.41) is 7.51. The number of urea groups is 1. The largest absolute Gasteiger partial charge is 0.375 e. The highest BCUT2D eigenvalue weighted by atomic mass is 32.1. The van der Waals surface area contributed by atoms with E-state index < -0.39 is 0 Å². The van der Waals surface area contributed by atoms with Gasteiger partial charge >= 0.3 is 6.03 Å². The normalized spacial score (nSPS) is 11.2. The van der Waals surface area contributed by atoms with Crippen molar-refractivity contribution in [1.82, 2.24) is 15.6 Å². The third-order valence-corrected chi connectivity index (χ3v) is 3.36. The number of carbonyl (C=O) groups is 1. The average molecular weight is 318 g/mol. The molecular weight excluding hydrogens is 300 g/mol. The van der Waals surface area contributed by atoms with Crippen molar-refractivity contribution < 1.29 is 4.79 Å². The number of benzene rings is 1. The molecule has 2 rings (SSSR count). The predicted molar refractivity (Wildman–Crippen MR) is 90.1 cm³/mol. The van der Waals surface area contributed by atoms with Gasteiger partial charge in [0.25, 0.3) is 0 Å². The summed E-state index contributed by atoms with van der Waals surface area (Å²) in [5.41, 5.74) is 13.6. The molecule has 0 aliphatic carbocycles. The van der Waals surface area contributed by atoms with Crippen molar-refractivity contribution in [3.63, 3.8) is 0 Å². The number of aliphatic imine (C=N–C) groups is 1. The molecule has 7 nitrogen and oxygen atoms in total. The topological polar surface area (TPSA) is 118 Å². The first kappa shape index (κ1) is 15.8. The summed E-state index contributed by atoms with van der Waals surface area (Å²) < 4.78 is 0. The van der Waals surface area contributed by atoms with Crippen LogP contribution in [0.5, 0.6) is 0 Å². The molecule has 0 radical (unpaired) electrons. The lowest BCUT2D eigenvalue weighted by atomic mass is 10.1. The van der Waals surface area contributed by atoms with Crippen molar-refractivity contribution in [2.45, 2.75) is 13.3 Å². The van der Waals surface area contributed by atoms with Crippen LogP contribution in [-0.2, 0) is 0 Å². The van der Waals surface area contributed by atoms with Gasteiger partial charge in [-0.1, -0.05) is 19.1 Å². The molecule has 0 bridgehead atoms. The van der Waals surface area contributed by atoms with Gasteiger partial charge < -0.3 is 16.8 Å². The summed E-state index contributed by atoms with van der Waals surface area (Å²) in [5.74, 6) is 0.0311. The lowest BCUT2D eigenvalue weighted by Crippen LogP contribution is -2.43. The Morgan fingerprint density at radius 1 is 1.45 bits per heavy atom. The molecule has 8 heteroatoms. The number of guanidine groups is 1. The Kier molecular flexibility index (Phi) is 5.31. The first-order valence-electron chi connectivity index (χ1n) is 6.79. The van der Waals surface area contributed by atoms with Crippen LogP contribution in [0, 0.1) is 0 Å². The molecule has 0 aliphatic heterocycles. The Balaban J connectivity index is 2.09. The molecule has 1 aromatic heterocycles. The molecule has 0 unspecified atom stereocenters. The van der Waals surface area contributed by atoms with E-state index in [2.05, 4.69) is 20.6 Å². The van der Waals surface area contributed by atoms with E-state index in [9.17, 15) is 4.79 Å². The second-order valence-electron chi connectivity index (χ2n) is 4.50. The minimum Gasteiger partial charge on any atom is -0.375 e. The fraction of sp³-hybridized carbons (Fsp3) is 0.214. The van der Waals surface area contributed by atoms with Crippen LogP contribution in [0.25, 0.3) is 11.3 Å². The van der Waals surface area contributed by atoms with E-state index in [4.69, 9.17) is 11.5 Å². The zero-order chi connectivity index (χ0) is 15.9. The van der Waals surface area contributed by atoms with Gasteiger partial charge in [0.15, 0.2) is 5.13 Å². The third kappa shape index (κ3) is 4.45. The van der Waals surface area contributed by atoms with Gasteiger partial charge in [0, 0.05) is 17.5 Å². The van der Waals surface area contributed by atoms with Gasteiger partial charge in [0.1, 0.15) is 0 Å². The molecule has 116 valence electrons. The van der Waals surface area contributed by atoms with Crippen LogP contribution >= 0.6 is 11.3 Å². The van der Waals surface area contributed by atoms with Crippen LogP contribution in [0.4, 0.5) is 15.6 Å². The molecule has 0 fully saturated rings. The van der Waals surface area contributed by atoms with Gasteiger partial charge in [0.05, 0.1) is 11.4 Å². The van der Waals surface area contributed by atoms with E-state index in [1.807, 2.05) is 30.5 Å². The second kappa shape index (κ2) is 7.41. The molecule has 0 saturated carbocycles. The smallest absolute Gasteiger partial charge is 0.321 e. The number of nitrogens with two attached hydrogens (primary N) is 2. The fourth-order valence-electron chi connectivity index (χ4n) is 1.72. The molecule has 1 heterocycles. The lowest BCUT2D eigenvalue weighted by molar-refractivity contribution is 0.245. The lowest BCUT2D eigenvalue weighted by Gasteiger charge is -2.06. The van der Waals surface area contributed by atoms with Crippen LogP contribution in [0.2, 0.25) is 0 Å². The van der Waals surface area contributed by atoms with E-state index in [0.29, 0.717) is 17.4 Å². The molecule has 1 aromatic carbocycles. The molecule has 0 aliphatic rings. The first-order chi connectivity index (χ1) is 10.6. The maximum absolute atomic E-state index is 11.5. The number of hydrogen-bond acceptors (Lipinski definition) is 5. The maximum Gasteiger partial charge on any atom is 0.321 e. The number of amides is 2. The number of nitrogens with one attached hydrogen (secondary N) is 2. The van der Waals surface area contributed by atoms with Gasteiger partial charge in [0.2, 0.25) is 5.96 Å². The second-order valence-corrected chi connectivity index (χ2v) is 5.39. The number of anilines is 1. The average Bonchev–Trinajstić information content (AvgIpc) is 2.92. The fourth-order valence-corrected chi connectivity index (χ4v) is 2.29. The summed E-state index contributed by atoms with van der Waals surface area (Å²) >= 11 is 1.38. The SMILES string of the molecule is CCCNC(=O)NC(N)=Nc1cccc(-c2csc(N)n2)c1. The van der Waals surface area contributed by atoms with Crippen molar-refractivity contribution in [3.05, 3.63) is 29.6 Å². The Labute approximate surface area is 132 Å². The number of rotatable bonds is 4. The highest BCUT2D eigenvalue weighted by molar-refractivity contribution is 7.13. The summed E-state index contributed by atoms with van der Waals surface area (Å²) in [4.78, 5) is 19.9. The van der Waals surface area contributed by atoms with E-state index >= 15 is 0 Å². The first-order valence-corrected chi connectivity index (χ1v) is 7.67. The molecule has 6 N–H and O–H groups in total. The van der Waals surface area contributed by atoms with Crippen LogP contribution in [0.3, 0.4) is 0 Å². The Morgan fingerprint density at radius 3 is 2.95 bits per heavy atom. The van der Waals surface area contributed by atoms with E-state index in [-0.39, 0.29) is 12.0 Å². The number of nitrogen functional groups attached to an aromatic ring is 1. The van der Waals surface area contributed by atoms with Crippen molar-refractivity contribution >= 4 is 34.1 Å². The zero-order valence-corrected chi connectivity index (χ0v) is 13.0. The van der Waals surface area contributed by atoms with Gasteiger partial charge in [-0.25, -0.2) is 14.8 Å². The number of thiazole rings is 1. The molecular formula is C14H18N6OS. The Hall–Kier alpha value is -2.61. The van der Waals surface area contributed by atoms with Crippen LogP contribution < -0.4 is 22.1 Å². The minimum absolute atomic E-state index is 0.0311. The Morgan fingerprint density at radius 2 is 2.27 bits per heavy atom. The standard InChI is InChI=1S/C14H18N6OS/c1-2-6-17-14(21)20-12(15)18-10-5-3-4-9(7-10)11-8-22-13(16)19-11/h3-5,7-8H,2,6H2,1H3,(H2,16,19)(H4,15,17,18,20,21). The van der Waals surface area contributed by atoms with Gasteiger partial charge in [-0.15, -0.1) is 11.3 Å². The van der Waals surface area contributed by atoms with Gasteiger partial charge in [-0.2, -0.15) is 0 Å². The quantitative estimate of drug-likeness (QED) is 0.509. The molecule has 22 heavy (non-hydrogen) atoms. The summed E-state index contributed by atoms with van der Waals surface area (Å²) in [7, 11) is 0. The van der Waals surface area contributed by atoms with Crippen LogP contribution in [0.15, 0.2) is 34.6 Å². The van der Waals surface area contributed by atoms with Crippen molar-refractivity contribution in [3.8, 4) is 11.3 Å². The molecule has 0 atom stereocenters. The van der Waals surface area contributed by atoms with E-state index in [1.54, 1.807) is 6.07 Å². The highest BCUT2D eigenvalue weighted by Crippen LogP contribution is 2.26. The van der Waals surface area contributed by atoms with Crippen molar-refractivity contribution in [2.75, 3.05) is 12.3 Å². The molecule has 2 amide bonds. The molecule has 0 spiro atoms. The number of aromatic nitrogens is 1. The summed E-state index contributed by atoms with van der Waals surface area (Å²) in [6.07, 6.45) is 0.850. The summed E-state index contributed by atoms with van der Waals surface area (Å²) in [6.45, 7) is 2.55. The van der Waals surface area contributed by atoms with Gasteiger partial charge in [-0.05, 0) is 18.6 Å². The van der Waals surface area contributed by atoms with Crippen molar-refractivity contribution in [2.24, 2.45) is 10.7 Å². The maximum atomic E-state index is 11.5. The molecule has 0 saturated heterocycles. The Bertz CT molecular complexity index is 681. The van der Waals surface area contributed by atoms with E-state index in [1.165, 1.54) is 11.3 Å². The minimum atomic E-state index is -0.369. The van der Waals surface area contributed by atoms with E-state index in [0.717, 1.165) is 17.7 Å². The molecule has 2 aromatic rings. The monoisotopic (exact) mass is 318 g/mol. The van der Waals surface area contributed by atoms with Gasteiger partial charge in [-0.3, -0.25) is 5.32 Å². The van der Waals surface area contributed by atoms with Crippen LogP contribution in [0.1, 0.15) is 13.3 Å². The third-order valence-electron chi connectivity index (χ3n) is 2.69. The number of hydrogen-bond donors (Lipinski definition) is 4. The number of carbonyl (C=O) groups excluding carboxylic acids is 1. The van der Waals surface area contributed by atoms with Crippen LogP contribution in [-0.4, -0.2) is 23.5 Å². The summed E-state index contributed by atoms with van der Waals surface area (Å²) in [6, 6.07) is 7.00. The highest BCUT2D eigenvalue weighted by Gasteiger charge is 2.05. The predicted octanol–water partition coefficient (Wildman–Crippen LogP) is 2.05.